The highest BCUT2D eigenvalue weighted by Gasteiger charge is 2.30. The van der Waals surface area contributed by atoms with Crippen molar-refractivity contribution in [2.24, 2.45) is 0 Å². The van der Waals surface area contributed by atoms with Gasteiger partial charge in [-0.05, 0) is 29.2 Å². The molecule has 1 aliphatic rings. The van der Waals surface area contributed by atoms with Gasteiger partial charge in [-0.25, -0.2) is 4.79 Å². The Morgan fingerprint density at radius 1 is 1.13 bits per heavy atom. The summed E-state index contributed by atoms with van der Waals surface area (Å²) in [5, 5.41) is 11.5. The third kappa shape index (κ3) is 4.86. The van der Waals surface area contributed by atoms with Crippen LogP contribution in [0.4, 0.5) is 4.79 Å². The van der Waals surface area contributed by atoms with Gasteiger partial charge in [0.05, 0.1) is 0 Å². The predicted octanol–water partition coefficient (Wildman–Crippen LogP) is 2.85. The van der Waals surface area contributed by atoms with Gasteiger partial charge in [-0.15, -0.1) is 12.3 Å². The summed E-state index contributed by atoms with van der Waals surface area (Å²) in [5.74, 6) is 0.531. The van der Waals surface area contributed by atoms with Gasteiger partial charge in [0.15, 0.2) is 0 Å². The molecule has 0 heterocycles. The first-order valence-electron chi connectivity index (χ1n) is 10.0. The zero-order chi connectivity index (χ0) is 22.4. The molecule has 3 rings (SSSR count). The average molecular weight is 420 g/mol. The number of amides is 2. The van der Waals surface area contributed by atoms with Gasteiger partial charge in [-0.3, -0.25) is 9.59 Å². The standard InChI is InChI=1S/C24H24N2O5/c1-3-9-21(23(29)26(4-2)14-22(27)28)25-24(30)31-15-20-18-12-7-5-10-16(18)17-11-6-8-13-19(17)20/h1,5-8,10-13,20-21H,4,9,14-15H2,2H3,(H,25,30)(H,27,28). The number of carboxylic acids is 1. The smallest absolute Gasteiger partial charge is 0.407 e. The third-order valence-corrected chi connectivity index (χ3v) is 5.28. The Hall–Kier alpha value is -3.79. The Balaban J connectivity index is 1.68. The van der Waals surface area contributed by atoms with E-state index in [1.807, 2.05) is 48.5 Å². The lowest BCUT2D eigenvalue weighted by atomic mass is 9.98. The third-order valence-electron chi connectivity index (χ3n) is 5.28. The summed E-state index contributed by atoms with van der Waals surface area (Å²) in [7, 11) is 0. The predicted molar refractivity (Wildman–Crippen MR) is 115 cm³/mol. The highest BCUT2D eigenvalue weighted by molar-refractivity contribution is 5.88. The van der Waals surface area contributed by atoms with Crippen LogP contribution >= 0.6 is 0 Å². The summed E-state index contributed by atoms with van der Waals surface area (Å²) < 4.78 is 5.46. The fourth-order valence-corrected chi connectivity index (χ4v) is 3.83. The van der Waals surface area contributed by atoms with E-state index >= 15 is 0 Å². The van der Waals surface area contributed by atoms with Gasteiger partial charge >= 0.3 is 12.1 Å². The van der Waals surface area contributed by atoms with Crippen LogP contribution in [0.15, 0.2) is 48.5 Å². The zero-order valence-electron chi connectivity index (χ0n) is 17.2. The second kappa shape index (κ2) is 9.81. The normalized spacial score (nSPS) is 12.8. The number of carboxylic acid groups (broad SMARTS) is 1. The van der Waals surface area contributed by atoms with Crippen molar-refractivity contribution in [2.45, 2.75) is 25.3 Å². The van der Waals surface area contributed by atoms with Crippen LogP contribution in [0.1, 0.15) is 30.4 Å². The molecule has 7 nitrogen and oxygen atoms in total. The summed E-state index contributed by atoms with van der Waals surface area (Å²) in [4.78, 5) is 37.2. The highest BCUT2D eigenvalue weighted by atomic mass is 16.5. The number of terminal acetylenes is 1. The maximum absolute atomic E-state index is 12.6. The summed E-state index contributed by atoms with van der Waals surface area (Å²) >= 11 is 0. The van der Waals surface area contributed by atoms with E-state index in [4.69, 9.17) is 16.3 Å². The molecule has 2 N–H and O–H groups in total. The van der Waals surface area contributed by atoms with Crippen molar-refractivity contribution in [3.05, 3.63) is 59.7 Å². The van der Waals surface area contributed by atoms with E-state index in [0.29, 0.717) is 0 Å². The monoisotopic (exact) mass is 420 g/mol. The maximum Gasteiger partial charge on any atom is 0.407 e. The van der Waals surface area contributed by atoms with Crippen LogP contribution in [0.25, 0.3) is 11.1 Å². The molecule has 0 fully saturated rings. The van der Waals surface area contributed by atoms with E-state index in [2.05, 4.69) is 11.2 Å². The van der Waals surface area contributed by atoms with E-state index in [9.17, 15) is 14.4 Å². The molecule has 1 atom stereocenters. The minimum Gasteiger partial charge on any atom is -0.480 e. The number of carbonyl (C=O) groups is 3. The molecule has 0 bridgehead atoms. The second-order valence-corrected chi connectivity index (χ2v) is 7.18. The minimum absolute atomic E-state index is 0.0703. The number of ether oxygens (including phenoxy) is 1. The highest BCUT2D eigenvalue weighted by Crippen LogP contribution is 2.44. The number of benzene rings is 2. The molecule has 0 aliphatic heterocycles. The van der Waals surface area contributed by atoms with E-state index in [-0.39, 0.29) is 25.5 Å². The maximum atomic E-state index is 12.6. The van der Waals surface area contributed by atoms with Crippen LogP contribution in [0.2, 0.25) is 0 Å². The van der Waals surface area contributed by atoms with Crippen molar-refractivity contribution in [3.63, 3.8) is 0 Å². The van der Waals surface area contributed by atoms with Gasteiger partial charge in [-0.2, -0.15) is 0 Å². The lowest BCUT2D eigenvalue weighted by Crippen LogP contribution is -2.50. The second-order valence-electron chi connectivity index (χ2n) is 7.18. The van der Waals surface area contributed by atoms with E-state index < -0.39 is 30.6 Å². The Bertz CT molecular complexity index is 981. The Morgan fingerprint density at radius 3 is 2.23 bits per heavy atom. The fraction of sp³-hybridized carbons (Fsp3) is 0.292. The number of fused-ring (bicyclic) bond motifs is 3. The fourth-order valence-electron chi connectivity index (χ4n) is 3.83. The molecule has 31 heavy (non-hydrogen) atoms. The number of aliphatic carboxylic acids is 1. The van der Waals surface area contributed by atoms with Crippen molar-refractivity contribution in [3.8, 4) is 23.5 Å². The van der Waals surface area contributed by atoms with Gasteiger partial charge in [0, 0.05) is 18.9 Å². The van der Waals surface area contributed by atoms with Crippen LogP contribution in [-0.4, -0.2) is 53.7 Å². The molecule has 160 valence electrons. The van der Waals surface area contributed by atoms with Crippen LogP contribution in [-0.2, 0) is 14.3 Å². The lowest BCUT2D eigenvalue weighted by Gasteiger charge is -2.24. The molecule has 0 radical (unpaired) electrons. The summed E-state index contributed by atoms with van der Waals surface area (Å²) in [6.45, 7) is 1.46. The number of likely N-dealkylation sites (N-methyl/N-ethyl adjacent to an activating group) is 1. The van der Waals surface area contributed by atoms with Crippen molar-refractivity contribution < 1.29 is 24.2 Å². The molecule has 2 aromatic rings. The zero-order valence-corrected chi connectivity index (χ0v) is 17.2. The number of rotatable bonds is 8. The summed E-state index contributed by atoms with van der Waals surface area (Å²) in [5.41, 5.74) is 4.37. The first kappa shape index (κ1) is 21.9. The quantitative estimate of drug-likeness (QED) is 0.641. The Kier molecular flexibility index (Phi) is 6.93. The van der Waals surface area contributed by atoms with Gasteiger partial charge in [-0.1, -0.05) is 48.5 Å². The largest absolute Gasteiger partial charge is 0.480 e. The molecule has 7 heteroatoms. The number of nitrogens with one attached hydrogen (secondary N) is 1. The average Bonchev–Trinajstić information content (AvgIpc) is 3.09. The number of alkyl carbamates (subject to hydrolysis) is 1. The van der Waals surface area contributed by atoms with Crippen molar-refractivity contribution in [1.82, 2.24) is 10.2 Å². The van der Waals surface area contributed by atoms with Gasteiger partial charge in [0.1, 0.15) is 19.2 Å². The molecule has 2 amide bonds. The number of hydrogen-bond acceptors (Lipinski definition) is 4. The molecule has 0 aromatic heterocycles. The summed E-state index contributed by atoms with van der Waals surface area (Å²) in [6.07, 6.45) is 4.49. The Labute approximate surface area is 181 Å². The number of nitrogens with zero attached hydrogens (tertiary/aromatic N) is 1. The molecule has 2 aromatic carbocycles. The van der Waals surface area contributed by atoms with E-state index in [1.54, 1.807) is 6.92 Å². The van der Waals surface area contributed by atoms with E-state index in [1.165, 1.54) is 0 Å². The van der Waals surface area contributed by atoms with Gasteiger partial charge in [0.25, 0.3) is 0 Å². The van der Waals surface area contributed by atoms with Gasteiger partial charge < -0.3 is 20.1 Å². The number of hydrogen-bond donors (Lipinski definition) is 2. The van der Waals surface area contributed by atoms with Crippen LogP contribution in [0.5, 0.6) is 0 Å². The van der Waals surface area contributed by atoms with Gasteiger partial charge in [0.2, 0.25) is 5.91 Å². The summed E-state index contributed by atoms with van der Waals surface area (Å²) in [6, 6.07) is 14.9. The molecule has 0 saturated carbocycles. The van der Waals surface area contributed by atoms with Crippen molar-refractivity contribution in [2.75, 3.05) is 19.7 Å². The lowest BCUT2D eigenvalue weighted by molar-refractivity contribution is -0.145. The van der Waals surface area contributed by atoms with Crippen molar-refractivity contribution >= 4 is 18.0 Å². The van der Waals surface area contributed by atoms with E-state index in [0.717, 1.165) is 27.2 Å². The van der Waals surface area contributed by atoms with Crippen LogP contribution in [0.3, 0.4) is 0 Å². The number of carbonyl (C=O) groups excluding carboxylic acids is 2. The Morgan fingerprint density at radius 2 is 1.71 bits per heavy atom. The SMILES string of the molecule is C#CCC(NC(=O)OCC1c2ccccc2-c2ccccc21)C(=O)N(CC)CC(=O)O. The first-order chi connectivity index (χ1) is 15.0. The molecule has 1 aliphatic carbocycles. The molecule has 0 saturated heterocycles. The van der Waals surface area contributed by atoms with Crippen LogP contribution in [0, 0.1) is 12.3 Å². The molecule has 0 spiro atoms. The molecular weight excluding hydrogens is 396 g/mol. The minimum atomic E-state index is -1.14. The first-order valence-corrected chi connectivity index (χ1v) is 10.0. The topological polar surface area (TPSA) is 95.9 Å². The van der Waals surface area contributed by atoms with Crippen LogP contribution < -0.4 is 5.32 Å². The molecular formula is C24H24N2O5. The van der Waals surface area contributed by atoms with Crippen molar-refractivity contribution in [1.29, 1.82) is 0 Å². The molecule has 1 unspecified atom stereocenters.